The molecular weight excluding hydrogens is 384 g/mol. The molecule has 2 aromatic carbocycles. The van der Waals surface area contributed by atoms with Crippen molar-refractivity contribution in [1.82, 2.24) is 0 Å². The van der Waals surface area contributed by atoms with Gasteiger partial charge in [-0.15, -0.1) is 0 Å². The molecule has 0 heteroatoms. The number of benzene rings is 2. The van der Waals surface area contributed by atoms with Gasteiger partial charge in [-0.2, -0.15) is 0 Å². The third-order valence-corrected chi connectivity index (χ3v) is 6.77. The minimum Gasteiger partial charge on any atom is -0.0804 e. The van der Waals surface area contributed by atoms with Crippen LogP contribution in [0.2, 0.25) is 0 Å². The van der Waals surface area contributed by atoms with Gasteiger partial charge in [-0.3, -0.25) is 0 Å². The summed E-state index contributed by atoms with van der Waals surface area (Å²) >= 11 is 0. The number of rotatable bonds is 18. The van der Waals surface area contributed by atoms with Gasteiger partial charge in [-0.05, 0) is 24.0 Å². The maximum atomic E-state index is 2.54. The lowest BCUT2D eigenvalue weighted by molar-refractivity contribution is 0.565. The largest absolute Gasteiger partial charge is 0.0804 e. The lowest BCUT2D eigenvalue weighted by Gasteiger charge is -2.17. The van der Waals surface area contributed by atoms with Crippen LogP contribution in [-0.4, -0.2) is 0 Å². The fourth-order valence-corrected chi connectivity index (χ4v) is 4.71. The van der Waals surface area contributed by atoms with Crippen LogP contribution in [-0.2, 0) is 0 Å². The highest BCUT2D eigenvalue weighted by molar-refractivity contribution is 5.28. The average molecular weight is 433 g/mol. The Balaban J connectivity index is 1.99. The summed E-state index contributed by atoms with van der Waals surface area (Å²) in [5, 5.41) is 0. The summed E-state index contributed by atoms with van der Waals surface area (Å²) in [6.07, 6.45) is 24.0. The minimum atomic E-state index is 0.540. The zero-order valence-corrected chi connectivity index (χ0v) is 21.0. The number of hydrogen-bond acceptors (Lipinski definition) is 0. The molecule has 0 N–H and O–H groups in total. The highest BCUT2D eigenvalue weighted by Gasteiger charge is 2.11. The Bertz CT molecular complexity index is 623. The summed E-state index contributed by atoms with van der Waals surface area (Å²) in [6.45, 7) is 4.59. The van der Waals surface area contributed by atoms with Crippen molar-refractivity contribution in [1.29, 1.82) is 0 Å². The molecule has 0 aliphatic carbocycles. The highest BCUT2D eigenvalue weighted by atomic mass is 14.2. The molecule has 0 bridgehead atoms. The summed E-state index contributed by atoms with van der Waals surface area (Å²) in [6, 6.07) is 22.3. The van der Waals surface area contributed by atoms with E-state index in [0.29, 0.717) is 11.8 Å². The molecule has 2 rings (SSSR count). The third kappa shape index (κ3) is 11.2. The second-order valence-electron chi connectivity index (χ2n) is 9.53. The molecular formula is C32H48. The molecule has 32 heavy (non-hydrogen) atoms. The number of hydrogen-bond donors (Lipinski definition) is 0. The molecule has 0 fully saturated rings. The van der Waals surface area contributed by atoms with Crippen LogP contribution in [0.15, 0.2) is 72.8 Å². The van der Waals surface area contributed by atoms with Crippen molar-refractivity contribution in [2.75, 3.05) is 0 Å². The summed E-state index contributed by atoms with van der Waals surface area (Å²) in [5.74, 6) is 1.08. The minimum absolute atomic E-state index is 0.540. The SMILES string of the molecule is CCCCCCCCC(/C=C/C(CCCCCCCC)c1ccccc1)c1ccccc1. The second-order valence-corrected chi connectivity index (χ2v) is 9.53. The van der Waals surface area contributed by atoms with Crippen molar-refractivity contribution in [2.24, 2.45) is 0 Å². The first-order valence-corrected chi connectivity index (χ1v) is 13.6. The van der Waals surface area contributed by atoms with Gasteiger partial charge >= 0.3 is 0 Å². The lowest BCUT2D eigenvalue weighted by atomic mass is 9.88. The molecule has 0 aliphatic heterocycles. The summed E-state index contributed by atoms with van der Waals surface area (Å²) in [4.78, 5) is 0. The first-order chi connectivity index (χ1) is 15.8. The fourth-order valence-electron chi connectivity index (χ4n) is 4.71. The Kier molecular flexibility index (Phi) is 14.6. The van der Waals surface area contributed by atoms with Crippen LogP contribution in [0.3, 0.4) is 0 Å². The molecule has 0 nitrogen and oxygen atoms in total. The lowest BCUT2D eigenvalue weighted by Crippen LogP contribution is -2.00. The molecule has 2 atom stereocenters. The molecule has 0 aromatic heterocycles. The van der Waals surface area contributed by atoms with E-state index in [2.05, 4.69) is 86.7 Å². The van der Waals surface area contributed by atoms with E-state index >= 15 is 0 Å². The molecule has 0 heterocycles. The van der Waals surface area contributed by atoms with Gasteiger partial charge in [0, 0.05) is 11.8 Å². The van der Waals surface area contributed by atoms with Crippen LogP contribution < -0.4 is 0 Å². The first-order valence-electron chi connectivity index (χ1n) is 13.6. The van der Waals surface area contributed by atoms with E-state index in [-0.39, 0.29) is 0 Å². The highest BCUT2D eigenvalue weighted by Crippen LogP contribution is 2.29. The van der Waals surface area contributed by atoms with Gasteiger partial charge in [-0.1, -0.05) is 164 Å². The maximum absolute atomic E-state index is 2.54. The van der Waals surface area contributed by atoms with Crippen molar-refractivity contribution >= 4 is 0 Å². The Labute approximate surface area is 199 Å². The Hall–Kier alpha value is -1.82. The molecule has 0 saturated heterocycles. The van der Waals surface area contributed by atoms with Crippen molar-refractivity contribution in [3.8, 4) is 0 Å². The van der Waals surface area contributed by atoms with Gasteiger partial charge in [0.2, 0.25) is 0 Å². The quantitative estimate of drug-likeness (QED) is 0.162. The van der Waals surface area contributed by atoms with E-state index in [4.69, 9.17) is 0 Å². The molecule has 0 aliphatic rings. The monoisotopic (exact) mass is 432 g/mol. The molecule has 0 spiro atoms. The molecule has 0 radical (unpaired) electrons. The topological polar surface area (TPSA) is 0 Å². The standard InChI is InChI=1S/C32H48/c1-3-5-7-9-11-15-25-31(29-21-17-13-18-22-29)27-28-32(30-23-19-14-20-24-30)26-16-12-10-8-6-4-2/h13-14,17-24,27-28,31-32H,3-12,15-16,25-26H2,1-2H3/b28-27+. The predicted molar refractivity (Wildman–Crippen MR) is 143 cm³/mol. The van der Waals surface area contributed by atoms with E-state index in [1.165, 1.54) is 101 Å². The van der Waals surface area contributed by atoms with Crippen LogP contribution in [0.4, 0.5) is 0 Å². The van der Waals surface area contributed by atoms with Crippen LogP contribution in [0.25, 0.3) is 0 Å². The van der Waals surface area contributed by atoms with Gasteiger partial charge in [0.25, 0.3) is 0 Å². The van der Waals surface area contributed by atoms with Crippen LogP contribution in [0.5, 0.6) is 0 Å². The molecule has 0 amide bonds. The normalized spacial score (nSPS) is 13.4. The molecule has 2 unspecified atom stereocenters. The number of allylic oxidation sites excluding steroid dienone is 2. The summed E-state index contributed by atoms with van der Waals surface area (Å²) < 4.78 is 0. The molecule has 176 valence electrons. The van der Waals surface area contributed by atoms with Gasteiger partial charge < -0.3 is 0 Å². The zero-order valence-electron chi connectivity index (χ0n) is 21.0. The first kappa shape index (κ1) is 26.4. The Morgan fingerprint density at radius 1 is 0.469 bits per heavy atom. The van der Waals surface area contributed by atoms with E-state index in [1.807, 2.05) is 0 Å². The van der Waals surface area contributed by atoms with E-state index in [9.17, 15) is 0 Å². The molecule has 2 aromatic rings. The predicted octanol–water partition coefficient (Wildman–Crippen LogP) is 10.6. The second kappa shape index (κ2) is 17.7. The fraction of sp³-hybridized carbons (Fsp3) is 0.562. The number of unbranched alkanes of at least 4 members (excludes halogenated alkanes) is 10. The van der Waals surface area contributed by atoms with E-state index in [1.54, 1.807) is 0 Å². The zero-order chi connectivity index (χ0) is 22.7. The van der Waals surface area contributed by atoms with Crippen LogP contribution in [0.1, 0.15) is 127 Å². The molecule has 0 saturated carbocycles. The van der Waals surface area contributed by atoms with E-state index < -0.39 is 0 Å². The smallest absolute Gasteiger partial charge is 0.00181 e. The Morgan fingerprint density at radius 3 is 1.19 bits per heavy atom. The van der Waals surface area contributed by atoms with Crippen molar-refractivity contribution < 1.29 is 0 Å². The summed E-state index contributed by atoms with van der Waals surface area (Å²) in [5.41, 5.74) is 2.95. The maximum Gasteiger partial charge on any atom is 0.00181 e. The van der Waals surface area contributed by atoms with Gasteiger partial charge in [-0.25, -0.2) is 0 Å². The van der Waals surface area contributed by atoms with E-state index in [0.717, 1.165) is 0 Å². The Morgan fingerprint density at radius 2 is 0.812 bits per heavy atom. The van der Waals surface area contributed by atoms with Crippen LogP contribution >= 0.6 is 0 Å². The van der Waals surface area contributed by atoms with Crippen molar-refractivity contribution in [2.45, 2.75) is 116 Å². The third-order valence-electron chi connectivity index (χ3n) is 6.77. The van der Waals surface area contributed by atoms with Gasteiger partial charge in [0.15, 0.2) is 0 Å². The van der Waals surface area contributed by atoms with Gasteiger partial charge in [0.1, 0.15) is 0 Å². The van der Waals surface area contributed by atoms with Crippen LogP contribution in [0, 0.1) is 0 Å². The average Bonchev–Trinajstić information content (AvgIpc) is 2.84. The summed E-state index contributed by atoms with van der Waals surface area (Å²) in [7, 11) is 0. The van der Waals surface area contributed by atoms with Gasteiger partial charge in [0.05, 0.1) is 0 Å². The van der Waals surface area contributed by atoms with Crippen molar-refractivity contribution in [3.63, 3.8) is 0 Å². The van der Waals surface area contributed by atoms with Crippen molar-refractivity contribution in [3.05, 3.63) is 83.9 Å².